The number of carbonyl (C=O) groups is 1. The molecular formula is C22H32N2O4. The Kier molecular flexibility index (Phi) is 5.36. The minimum Gasteiger partial charge on any atom is -0.493 e. The SMILES string of the molecule is CCN(CC)CC(=O)C1=CC23CCCC[C@@H]2OC2=C3[C@H](C[C@@H](O)C2)N=C1OC. The monoisotopic (exact) mass is 388 g/mol. The number of rotatable bonds is 5. The zero-order chi connectivity index (χ0) is 19.9. The van der Waals surface area contributed by atoms with Gasteiger partial charge in [0.25, 0.3) is 0 Å². The topological polar surface area (TPSA) is 71.4 Å². The van der Waals surface area contributed by atoms with Crippen molar-refractivity contribution in [3.63, 3.8) is 0 Å². The standard InChI is InChI=1S/C22H32N2O4/c1-4-24(5-2)13-17(26)15-12-22-9-7-6-8-19(22)28-18-11-14(25)10-16(20(18)22)23-21(15)27-3/h12,14,16,19,25H,4-11,13H2,1-3H3/t14-,16+,19+,22?/m1/s1. The number of ether oxygens (including phenoxy) is 2. The van der Waals surface area contributed by atoms with E-state index in [4.69, 9.17) is 14.5 Å². The summed E-state index contributed by atoms with van der Waals surface area (Å²) >= 11 is 0. The van der Waals surface area contributed by atoms with Gasteiger partial charge in [-0.3, -0.25) is 9.69 Å². The van der Waals surface area contributed by atoms with Gasteiger partial charge < -0.3 is 14.6 Å². The van der Waals surface area contributed by atoms with E-state index in [0.717, 1.165) is 44.5 Å². The molecule has 28 heavy (non-hydrogen) atoms. The second-order valence-corrected chi connectivity index (χ2v) is 8.42. The van der Waals surface area contributed by atoms with Crippen molar-refractivity contribution in [1.29, 1.82) is 0 Å². The maximum atomic E-state index is 13.3. The fraction of sp³-hybridized carbons (Fsp3) is 0.727. The lowest BCUT2D eigenvalue weighted by Crippen LogP contribution is -2.39. The van der Waals surface area contributed by atoms with Crippen molar-refractivity contribution in [2.24, 2.45) is 10.4 Å². The molecule has 0 aromatic heterocycles. The highest BCUT2D eigenvalue weighted by molar-refractivity contribution is 6.20. The number of aliphatic hydroxyl groups excluding tert-OH is 1. The van der Waals surface area contributed by atoms with Gasteiger partial charge in [0.1, 0.15) is 11.9 Å². The Hall–Kier alpha value is -1.66. The van der Waals surface area contributed by atoms with E-state index in [9.17, 15) is 9.90 Å². The van der Waals surface area contributed by atoms with Gasteiger partial charge in [-0.25, -0.2) is 4.99 Å². The lowest BCUT2D eigenvalue weighted by atomic mass is 9.64. The van der Waals surface area contributed by atoms with Gasteiger partial charge in [0.2, 0.25) is 5.90 Å². The first-order chi connectivity index (χ1) is 13.5. The Morgan fingerprint density at radius 2 is 2.18 bits per heavy atom. The van der Waals surface area contributed by atoms with Crippen LogP contribution < -0.4 is 0 Å². The van der Waals surface area contributed by atoms with Crippen LogP contribution in [0.3, 0.4) is 0 Å². The normalized spacial score (nSPS) is 34.1. The van der Waals surface area contributed by atoms with Crippen molar-refractivity contribution in [3.05, 3.63) is 23.0 Å². The van der Waals surface area contributed by atoms with E-state index >= 15 is 0 Å². The van der Waals surface area contributed by atoms with E-state index in [2.05, 4.69) is 24.8 Å². The van der Waals surface area contributed by atoms with Crippen LogP contribution in [0.4, 0.5) is 0 Å². The molecule has 0 amide bonds. The minimum absolute atomic E-state index is 0.0432. The molecule has 1 saturated carbocycles. The van der Waals surface area contributed by atoms with Gasteiger partial charge in [0.15, 0.2) is 5.78 Å². The molecular weight excluding hydrogens is 356 g/mol. The maximum absolute atomic E-state index is 13.3. The summed E-state index contributed by atoms with van der Waals surface area (Å²) in [4.78, 5) is 20.2. The Morgan fingerprint density at radius 3 is 2.89 bits per heavy atom. The fourth-order valence-corrected chi connectivity index (χ4v) is 5.45. The molecule has 1 fully saturated rings. The van der Waals surface area contributed by atoms with E-state index in [1.807, 2.05) is 0 Å². The summed E-state index contributed by atoms with van der Waals surface area (Å²) in [6.07, 6.45) is 7.02. The average Bonchev–Trinajstić information content (AvgIpc) is 2.94. The molecule has 0 aromatic rings. The Morgan fingerprint density at radius 1 is 1.39 bits per heavy atom. The molecule has 154 valence electrons. The molecule has 0 saturated heterocycles. The van der Waals surface area contributed by atoms with E-state index < -0.39 is 6.10 Å². The molecule has 4 atom stereocenters. The zero-order valence-corrected chi connectivity index (χ0v) is 17.2. The van der Waals surface area contributed by atoms with Crippen molar-refractivity contribution in [2.45, 2.75) is 70.6 Å². The van der Waals surface area contributed by atoms with Crippen molar-refractivity contribution < 1.29 is 19.4 Å². The number of carbonyl (C=O) groups excluding carboxylic acids is 1. The summed E-state index contributed by atoms with van der Waals surface area (Å²) in [7, 11) is 1.58. The predicted molar refractivity (Wildman–Crippen MR) is 107 cm³/mol. The van der Waals surface area contributed by atoms with Crippen LogP contribution in [-0.2, 0) is 14.3 Å². The fourth-order valence-electron chi connectivity index (χ4n) is 5.45. The van der Waals surface area contributed by atoms with Crippen LogP contribution >= 0.6 is 0 Å². The van der Waals surface area contributed by atoms with E-state index in [1.165, 1.54) is 5.57 Å². The van der Waals surface area contributed by atoms with Crippen molar-refractivity contribution >= 4 is 11.7 Å². The predicted octanol–water partition coefficient (Wildman–Crippen LogP) is 2.62. The second-order valence-electron chi connectivity index (χ2n) is 8.42. The third kappa shape index (κ3) is 3.11. The number of ketones is 1. The lowest BCUT2D eigenvalue weighted by Gasteiger charge is -2.39. The molecule has 1 N–H and O–H groups in total. The van der Waals surface area contributed by atoms with Crippen LogP contribution in [0.15, 0.2) is 28.0 Å². The summed E-state index contributed by atoms with van der Waals surface area (Å²) in [6.45, 7) is 6.16. The van der Waals surface area contributed by atoms with Gasteiger partial charge in [-0.1, -0.05) is 26.3 Å². The minimum atomic E-state index is -0.462. The van der Waals surface area contributed by atoms with Crippen molar-refractivity contribution in [1.82, 2.24) is 4.90 Å². The number of methoxy groups -OCH3 is 1. The molecule has 1 spiro atoms. The largest absolute Gasteiger partial charge is 0.493 e. The first kappa shape index (κ1) is 19.6. The van der Waals surface area contributed by atoms with Gasteiger partial charge in [-0.05, 0) is 32.4 Å². The quantitative estimate of drug-likeness (QED) is 0.784. The summed E-state index contributed by atoms with van der Waals surface area (Å²) in [5.74, 6) is 1.37. The number of hydrogen-bond acceptors (Lipinski definition) is 6. The number of hydrogen-bond donors (Lipinski definition) is 1. The number of Topliss-reactive ketones (excluding diaryl/α,β-unsaturated/α-hetero) is 1. The van der Waals surface area contributed by atoms with E-state index in [0.29, 0.717) is 30.9 Å². The van der Waals surface area contributed by atoms with Gasteiger partial charge >= 0.3 is 0 Å². The first-order valence-electron chi connectivity index (χ1n) is 10.7. The molecule has 6 nitrogen and oxygen atoms in total. The molecule has 1 unspecified atom stereocenters. The van der Waals surface area contributed by atoms with Crippen LogP contribution in [-0.4, -0.2) is 66.7 Å². The highest BCUT2D eigenvalue weighted by Gasteiger charge is 2.56. The first-order valence-corrected chi connectivity index (χ1v) is 10.7. The van der Waals surface area contributed by atoms with Gasteiger partial charge in [-0.15, -0.1) is 0 Å². The summed E-state index contributed by atoms with van der Waals surface area (Å²) in [5.41, 5.74) is 1.50. The number of likely N-dealkylation sites (N-methyl/N-ethyl adjacent to an activating group) is 1. The molecule has 2 heterocycles. The smallest absolute Gasteiger partial charge is 0.219 e. The van der Waals surface area contributed by atoms with Crippen LogP contribution in [0.5, 0.6) is 0 Å². The Labute approximate surface area is 167 Å². The molecule has 2 aliphatic heterocycles. The third-order valence-electron chi connectivity index (χ3n) is 6.88. The van der Waals surface area contributed by atoms with Crippen molar-refractivity contribution in [3.8, 4) is 0 Å². The number of nitrogens with zero attached hydrogens (tertiary/aromatic N) is 2. The van der Waals surface area contributed by atoms with Crippen LogP contribution in [0.25, 0.3) is 0 Å². The lowest BCUT2D eigenvalue weighted by molar-refractivity contribution is -0.116. The van der Waals surface area contributed by atoms with Crippen LogP contribution in [0, 0.1) is 5.41 Å². The molecule has 0 aromatic carbocycles. The summed E-state index contributed by atoms with van der Waals surface area (Å²) < 4.78 is 12.0. The van der Waals surface area contributed by atoms with Gasteiger partial charge in [0, 0.05) is 18.4 Å². The molecule has 0 radical (unpaired) electrons. The molecule has 2 aliphatic carbocycles. The van der Waals surface area contributed by atoms with E-state index in [-0.39, 0.29) is 23.3 Å². The van der Waals surface area contributed by atoms with Gasteiger partial charge in [-0.2, -0.15) is 0 Å². The summed E-state index contributed by atoms with van der Waals surface area (Å²) in [5, 5.41) is 10.4. The molecule has 4 aliphatic rings. The third-order valence-corrected chi connectivity index (χ3v) is 6.88. The molecule has 6 heteroatoms. The highest BCUT2D eigenvalue weighted by atomic mass is 16.5. The van der Waals surface area contributed by atoms with Gasteiger partial charge in [0.05, 0.1) is 36.8 Å². The van der Waals surface area contributed by atoms with E-state index in [1.54, 1.807) is 7.11 Å². The van der Waals surface area contributed by atoms with Crippen LogP contribution in [0.1, 0.15) is 52.4 Å². The Balaban J connectivity index is 1.81. The summed E-state index contributed by atoms with van der Waals surface area (Å²) in [6, 6.07) is -0.174. The van der Waals surface area contributed by atoms with Crippen molar-refractivity contribution in [2.75, 3.05) is 26.7 Å². The number of aliphatic imine (C=N–C) groups is 1. The molecule has 0 bridgehead atoms. The Bertz CT molecular complexity index is 737. The van der Waals surface area contributed by atoms with Crippen LogP contribution in [0.2, 0.25) is 0 Å². The highest BCUT2D eigenvalue weighted by Crippen LogP contribution is 2.57. The zero-order valence-electron chi connectivity index (χ0n) is 17.2. The molecule has 4 rings (SSSR count). The average molecular weight is 389 g/mol. The second kappa shape index (κ2) is 7.64. The maximum Gasteiger partial charge on any atom is 0.219 e. The number of aliphatic hydroxyl groups is 1.